The largest absolute Gasteiger partial charge is 0.242 e. The molecule has 0 aliphatic heterocycles. The van der Waals surface area contributed by atoms with Gasteiger partial charge in [0, 0.05) is 16.3 Å². The third-order valence-corrected chi connectivity index (χ3v) is 4.03. The van der Waals surface area contributed by atoms with Crippen molar-refractivity contribution in [3.63, 3.8) is 0 Å². The van der Waals surface area contributed by atoms with E-state index in [4.69, 9.17) is 11.6 Å². The van der Waals surface area contributed by atoms with Gasteiger partial charge in [-0.15, -0.1) is 0 Å². The average molecular weight is 259 g/mol. The van der Waals surface area contributed by atoms with Crippen molar-refractivity contribution in [1.82, 2.24) is 9.97 Å². The molecule has 2 nitrogen and oxygen atoms in total. The molecule has 0 radical (unpaired) electrons. The lowest BCUT2D eigenvalue weighted by Crippen LogP contribution is -2.00. The first-order valence-electron chi connectivity index (χ1n) is 6.18. The molecule has 0 N–H and O–H groups in total. The van der Waals surface area contributed by atoms with Crippen molar-refractivity contribution in [2.24, 2.45) is 0 Å². The lowest BCUT2D eigenvalue weighted by atomic mass is 9.96. The second-order valence-electron chi connectivity index (χ2n) is 5.30. The van der Waals surface area contributed by atoms with Crippen molar-refractivity contribution >= 4 is 11.6 Å². The number of aryl methyl sites for hydroxylation is 1. The summed E-state index contributed by atoms with van der Waals surface area (Å²) in [6, 6.07) is 8.24. The minimum Gasteiger partial charge on any atom is -0.242 e. The molecule has 1 fully saturated rings. The maximum absolute atomic E-state index is 6.40. The lowest BCUT2D eigenvalue weighted by molar-refractivity contribution is 0.788. The zero-order valence-electron chi connectivity index (χ0n) is 10.6. The first-order valence-corrected chi connectivity index (χ1v) is 6.55. The van der Waals surface area contributed by atoms with Gasteiger partial charge in [-0.25, -0.2) is 9.97 Å². The maximum atomic E-state index is 6.40. The normalized spacial score (nSPS) is 16.6. The van der Waals surface area contributed by atoms with Gasteiger partial charge in [-0.05, 0) is 42.9 Å². The van der Waals surface area contributed by atoms with E-state index in [1.54, 1.807) is 6.33 Å². The van der Waals surface area contributed by atoms with Crippen LogP contribution in [0.3, 0.4) is 0 Å². The Morgan fingerprint density at radius 3 is 2.56 bits per heavy atom. The zero-order valence-corrected chi connectivity index (χ0v) is 11.3. The third-order valence-electron chi connectivity index (χ3n) is 3.72. The van der Waals surface area contributed by atoms with E-state index in [1.807, 2.05) is 19.1 Å². The van der Waals surface area contributed by atoms with Crippen LogP contribution in [0.4, 0.5) is 0 Å². The molecule has 0 bridgehead atoms. The Morgan fingerprint density at radius 1 is 1.17 bits per heavy atom. The number of benzene rings is 1. The van der Waals surface area contributed by atoms with Gasteiger partial charge >= 0.3 is 0 Å². The van der Waals surface area contributed by atoms with E-state index >= 15 is 0 Å². The summed E-state index contributed by atoms with van der Waals surface area (Å²) in [5.41, 5.74) is 4.51. The zero-order chi connectivity index (χ0) is 12.8. The molecule has 1 aromatic carbocycles. The van der Waals surface area contributed by atoms with Gasteiger partial charge in [0.2, 0.25) is 0 Å². The first kappa shape index (κ1) is 11.7. The summed E-state index contributed by atoms with van der Waals surface area (Å²) >= 11 is 6.40. The van der Waals surface area contributed by atoms with Crippen molar-refractivity contribution in [2.75, 3.05) is 0 Å². The van der Waals surface area contributed by atoms with Crippen LogP contribution in [0.25, 0.3) is 11.3 Å². The van der Waals surface area contributed by atoms with Gasteiger partial charge in [0.15, 0.2) is 0 Å². The van der Waals surface area contributed by atoms with Gasteiger partial charge in [-0.2, -0.15) is 0 Å². The summed E-state index contributed by atoms with van der Waals surface area (Å²) in [6.45, 7) is 4.23. The van der Waals surface area contributed by atoms with E-state index in [1.165, 1.54) is 18.4 Å². The fraction of sp³-hybridized carbons (Fsp3) is 0.333. The van der Waals surface area contributed by atoms with Crippen LogP contribution in [0.5, 0.6) is 0 Å². The first-order chi connectivity index (χ1) is 8.58. The summed E-state index contributed by atoms with van der Waals surface area (Å²) in [6.07, 6.45) is 4.06. The van der Waals surface area contributed by atoms with Crippen LogP contribution in [0.1, 0.15) is 31.0 Å². The molecular weight excluding hydrogens is 244 g/mol. The summed E-state index contributed by atoms with van der Waals surface area (Å²) in [4.78, 5) is 8.40. The maximum Gasteiger partial charge on any atom is 0.116 e. The SMILES string of the molecule is Cc1cc(-c2ccc(C3(C)CC3)c(Cl)c2)ncn1. The van der Waals surface area contributed by atoms with E-state index in [0.29, 0.717) is 5.41 Å². The van der Waals surface area contributed by atoms with Crippen LogP contribution in [0.2, 0.25) is 5.02 Å². The van der Waals surface area contributed by atoms with Crippen LogP contribution in [0, 0.1) is 6.92 Å². The highest BCUT2D eigenvalue weighted by Crippen LogP contribution is 2.50. The predicted octanol–water partition coefficient (Wildman–Crippen LogP) is 4.16. The van der Waals surface area contributed by atoms with Gasteiger partial charge in [0.1, 0.15) is 6.33 Å². The van der Waals surface area contributed by atoms with Crippen LogP contribution in [-0.4, -0.2) is 9.97 Å². The van der Waals surface area contributed by atoms with Crippen molar-refractivity contribution in [2.45, 2.75) is 32.1 Å². The van der Waals surface area contributed by atoms with E-state index in [2.05, 4.69) is 29.0 Å². The molecule has 1 heterocycles. The minimum absolute atomic E-state index is 0.303. The number of hydrogen-bond acceptors (Lipinski definition) is 2. The predicted molar refractivity (Wildman–Crippen MR) is 73.8 cm³/mol. The molecule has 1 aliphatic rings. The smallest absolute Gasteiger partial charge is 0.116 e. The molecule has 1 aromatic heterocycles. The van der Waals surface area contributed by atoms with Gasteiger partial charge in [0.25, 0.3) is 0 Å². The molecule has 0 saturated heterocycles. The Labute approximate surface area is 112 Å². The van der Waals surface area contributed by atoms with Crippen LogP contribution >= 0.6 is 11.6 Å². The van der Waals surface area contributed by atoms with Crippen molar-refractivity contribution in [1.29, 1.82) is 0 Å². The van der Waals surface area contributed by atoms with Crippen molar-refractivity contribution in [3.8, 4) is 11.3 Å². The van der Waals surface area contributed by atoms with Crippen molar-refractivity contribution in [3.05, 3.63) is 46.9 Å². The standard InChI is InChI=1S/C15H15ClN2/c1-10-7-14(18-9-17-10)11-3-4-12(13(16)8-11)15(2)5-6-15/h3-4,7-9H,5-6H2,1-2H3. The molecule has 1 aliphatic carbocycles. The number of rotatable bonds is 2. The fourth-order valence-corrected chi connectivity index (χ4v) is 2.64. The second kappa shape index (κ2) is 4.06. The van der Waals surface area contributed by atoms with E-state index in [-0.39, 0.29) is 0 Å². The van der Waals surface area contributed by atoms with Gasteiger partial charge < -0.3 is 0 Å². The van der Waals surface area contributed by atoms with E-state index in [0.717, 1.165) is 22.0 Å². The quantitative estimate of drug-likeness (QED) is 0.808. The Bertz CT molecular complexity index is 603. The van der Waals surface area contributed by atoms with E-state index < -0.39 is 0 Å². The number of halogens is 1. The van der Waals surface area contributed by atoms with Crippen LogP contribution in [-0.2, 0) is 5.41 Å². The highest BCUT2D eigenvalue weighted by Gasteiger charge is 2.40. The molecule has 0 amide bonds. The highest BCUT2D eigenvalue weighted by atomic mass is 35.5. The van der Waals surface area contributed by atoms with Crippen molar-refractivity contribution < 1.29 is 0 Å². The molecule has 0 atom stereocenters. The van der Waals surface area contributed by atoms with Crippen LogP contribution in [0.15, 0.2) is 30.6 Å². The molecular formula is C15H15ClN2. The number of nitrogens with zero attached hydrogens (tertiary/aromatic N) is 2. The molecule has 3 heteroatoms. The molecule has 2 aromatic rings. The van der Waals surface area contributed by atoms with Gasteiger partial charge in [0.05, 0.1) is 5.69 Å². The fourth-order valence-electron chi connectivity index (χ4n) is 2.23. The topological polar surface area (TPSA) is 25.8 Å². The van der Waals surface area contributed by atoms with E-state index in [9.17, 15) is 0 Å². The summed E-state index contributed by atoms with van der Waals surface area (Å²) in [5, 5.41) is 0.851. The molecule has 0 spiro atoms. The molecule has 3 rings (SSSR count). The summed E-state index contributed by atoms with van der Waals surface area (Å²) in [7, 11) is 0. The lowest BCUT2D eigenvalue weighted by Gasteiger charge is -2.12. The molecule has 0 unspecified atom stereocenters. The van der Waals surface area contributed by atoms with Gasteiger partial charge in [-0.1, -0.05) is 30.7 Å². The second-order valence-corrected chi connectivity index (χ2v) is 5.71. The molecule has 1 saturated carbocycles. The minimum atomic E-state index is 0.303. The Balaban J connectivity index is 2.02. The monoisotopic (exact) mass is 258 g/mol. The molecule has 92 valence electrons. The number of aromatic nitrogens is 2. The Morgan fingerprint density at radius 2 is 1.94 bits per heavy atom. The number of hydrogen-bond donors (Lipinski definition) is 0. The Hall–Kier alpha value is -1.41. The van der Waals surface area contributed by atoms with Gasteiger partial charge in [-0.3, -0.25) is 0 Å². The highest BCUT2D eigenvalue weighted by molar-refractivity contribution is 6.31. The third kappa shape index (κ3) is 2.01. The summed E-state index contributed by atoms with van der Waals surface area (Å²) < 4.78 is 0. The summed E-state index contributed by atoms with van der Waals surface area (Å²) in [5.74, 6) is 0. The Kier molecular flexibility index (Phi) is 2.63. The molecule has 18 heavy (non-hydrogen) atoms. The van der Waals surface area contributed by atoms with Crippen LogP contribution < -0.4 is 0 Å². The average Bonchev–Trinajstić information content (AvgIpc) is 3.08.